The fraction of sp³-hybridized carbons (Fsp3) is 0.294. The van der Waals surface area contributed by atoms with Gasteiger partial charge < -0.3 is 10.6 Å². The van der Waals surface area contributed by atoms with Crippen LogP contribution in [0, 0.1) is 0 Å². The van der Waals surface area contributed by atoms with Crippen molar-refractivity contribution in [2.24, 2.45) is 5.73 Å². The molecule has 0 aliphatic rings. The van der Waals surface area contributed by atoms with Crippen LogP contribution in [-0.2, 0) is 6.54 Å². The summed E-state index contributed by atoms with van der Waals surface area (Å²) in [6.45, 7) is 1.90. The largest absolute Gasteiger partial charge is 0.324 e. The van der Waals surface area contributed by atoms with Gasteiger partial charge >= 0.3 is 0 Å². The topological polar surface area (TPSA) is 29.3 Å². The fourth-order valence-corrected chi connectivity index (χ4v) is 3.34. The minimum atomic E-state index is 0.0607. The Morgan fingerprint density at radius 2 is 1.86 bits per heavy atom. The first-order valence-electron chi connectivity index (χ1n) is 6.99. The Morgan fingerprint density at radius 1 is 1.10 bits per heavy atom. The van der Waals surface area contributed by atoms with Crippen LogP contribution in [0.2, 0.25) is 0 Å². The van der Waals surface area contributed by atoms with Crippen molar-refractivity contribution in [1.29, 1.82) is 0 Å². The van der Waals surface area contributed by atoms with Gasteiger partial charge in [0.2, 0.25) is 0 Å². The molecule has 0 saturated carbocycles. The molecule has 4 heteroatoms. The van der Waals surface area contributed by atoms with Gasteiger partial charge in [-0.1, -0.05) is 62.2 Å². The molecule has 0 amide bonds. The van der Waals surface area contributed by atoms with Gasteiger partial charge in [-0.15, -0.1) is 0 Å². The zero-order valence-electron chi connectivity index (χ0n) is 12.1. The summed E-state index contributed by atoms with van der Waals surface area (Å²) in [6.07, 6.45) is 0.938. The van der Waals surface area contributed by atoms with Crippen LogP contribution < -0.4 is 5.73 Å². The average molecular weight is 412 g/mol. The highest BCUT2D eigenvalue weighted by atomic mass is 79.9. The molecule has 21 heavy (non-hydrogen) atoms. The van der Waals surface area contributed by atoms with Crippen LogP contribution >= 0.6 is 31.9 Å². The number of hydrogen-bond acceptors (Lipinski definition) is 2. The lowest BCUT2D eigenvalue weighted by molar-refractivity contribution is 0.311. The van der Waals surface area contributed by atoms with Gasteiger partial charge in [-0.2, -0.15) is 0 Å². The van der Waals surface area contributed by atoms with Crippen molar-refractivity contribution in [3.05, 3.63) is 68.6 Å². The van der Waals surface area contributed by atoms with Gasteiger partial charge in [0, 0.05) is 21.5 Å². The third-order valence-corrected chi connectivity index (χ3v) is 4.68. The van der Waals surface area contributed by atoms with E-state index < -0.39 is 0 Å². The number of benzene rings is 2. The van der Waals surface area contributed by atoms with Crippen LogP contribution in [0.25, 0.3) is 0 Å². The quantitative estimate of drug-likeness (QED) is 0.744. The Balaban J connectivity index is 1.86. The number of rotatable bonds is 6. The Labute approximate surface area is 143 Å². The molecule has 2 aromatic rings. The number of hydrogen-bond donors (Lipinski definition) is 1. The summed E-state index contributed by atoms with van der Waals surface area (Å²) in [4.78, 5) is 2.30. The van der Waals surface area contributed by atoms with Crippen LogP contribution in [0.1, 0.15) is 23.6 Å². The summed E-state index contributed by atoms with van der Waals surface area (Å²) >= 11 is 7.08. The zero-order chi connectivity index (χ0) is 15.2. The Morgan fingerprint density at radius 3 is 2.57 bits per heavy atom. The summed E-state index contributed by atoms with van der Waals surface area (Å²) in [5.74, 6) is 0. The molecule has 112 valence electrons. The first-order chi connectivity index (χ1) is 10.1. The van der Waals surface area contributed by atoms with E-state index in [-0.39, 0.29) is 6.04 Å². The standard InChI is InChI=1S/C17H20Br2N2/c1-21(12-13-5-4-6-14(18)11-13)10-9-17(20)15-7-2-3-8-16(15)19/h2-8,11,17H,9-10,12,20H2,1H3. The molecule has 2 aromatic carbocycles. The van der Waals surface area contributed by atoms with E-state index in [9.17, 15) is 0 Å². The van der Waals surface area contributed by atoms with Crippen molar-refractivity contribution in [3.8, 4) is 0 Å². The van der Waals surface area contributed by atoms with Gasteiger partial charge in [-0.25, -0.2) is 0 Å². The predicted octanol–water partition coefficient (Wildman–Crippen LogP) is 4.73. The third-order valence-electron chi connectivity index (χ3n) is 3.47. The number of halogens is 2. The van der Waals surface area contributed by atoms with E-state index in [1.165, 1.54) is 11.1 Å². The summed E-state index contributed by atoms with van der Waals surface area (Å²) in [5.41, 5.74) is 8.78. The van der Waals surface area contributed by atoms with E-state index in [1.807, 2.05) is 24.3 Å². The van der Waals surface area contributed by atoms with Gasteiger partial charge in [0.15, 0.2) is 0 Å². The summed E-state index contributed by atoms with van der Waals surface area (Å²) < 4.78 is 2.21. The number of nitrogens with zero attached hydrogens (tertiary/aromatic N) is 1. The Hall–Kier alpha value is -0.680. The first-order valence-corrected chi connectivity index (χ1v) is 8.58. The molecule has 0 saturated heterocycles. The van der Waals surface area contributed by atoms with Crippen molar-refractivity contribution in [3.63, 3.8) is 0 Å². The summed E-state index contributed by atoms with van der Waals surface area (Å²) in [7, 11) is 2.13. The van der Waals surface area contributed by atoms with Crippen molar-refractivity contribution in [2.75, 3.05) is 13.6 Å². The van der Waals surface area contributed by atoms with Gasteiger partial charge in [0.1, 0.15) is 0 Å². The molecular weight excluding hydrogens is 392 g/mol. The molecule has 2 rings (SSSR count). The van der Waals surface area contributed by atoms with E-state index in [0.717, 1.165) is 28.5 Å². The van der Waals surface area contributed by atoms with Gasteiger partial charge in [0.05, 0.1) is 0 Å². The lowest BCUT2D eigenvalue weighted by atomic mass is 10.0. The van der Waals surface area contributed by atoms with Gasteiger partial charge in [-0.3, -0.25) is 0 Å². The van der Waals surface area contributed by atoms with E-state index in [4.69, 9.17) is 5.73 Å². The second kappa shape index (κ2) is 8.08. The molecular formula is C17H20Br2N2. The van der Waals surface area contributed by atoms with E-state index in [0.29, 0.717) is 0 Å². The lowest BCUT2D eigenvalue weighted by Gasteiger charge is -2.20. The molecule has 1 unspecified atom stereocenters. The maximum atomic E-state index is 6.30. The molecule has 0 spiro atoms. The van der Waals surface area contributed by atoms with Crippen molar-refractivity contribution in [2.45, 2.75) is 19.0 Å². The van der Waals surface area contributed by atoms with Gasteiger partial charge in [-0.05, 0) is 49.3 Å². The van der Waals surface area contributed by atoms with Crippen molar-refractivity contribution >= 4 is 31.9 Å². The molecule has 0 fully saturated rings. The van der Waals surface area contributed by atoms with Crippen LogP contribution in [-0.4, -0.2) is 18.5 Å². The third kappa shape index (κ3) is 5.22. The predicted molar refractivity (Wildman–Crippen MR) is 96.2 cm³/mol. The van der Waals surface area contributed by atoms with Gasteiger partial charge in [0.25, 0.3) is 0 Å². The molecule has 2 N–H and O–H groups in total. The molecule has 1 atom stereocenters. The molecule has 0 heterocycles. The van der Waals surface area contributed by atoms with Crippen LogP contribution in [0.15, 0.2) is 57.5 Å². The normalized spacial score (nSPS) is 12.6. The lowest BCUT2D eigenvalue weighted by Crippen LogP contribution is -2.23. The maximum Gasteiger partial charge on any atom is 0.0318 e. The van der Waals surface area contributed by atoms with E-state index >= 15 is 0 Å². The Kier molecular flexibility index (Phi) is 6.42. The fourth-order valence-electron chi connectivity index (χ4n) is 2.32. The molecule has 0 aliphatic carbocycles. The Bertz CT molecular complexity index is 587. The van der Waals surface area contributed by atoms with E-state index in [1.54, 1.807) is 0 Å². The minimum absolute atomic E-state index is 0.0607. The summed E-state index contributed by atoms with van der Waals surface area (Å²) in [5, 5.41) is 0. The maximum absolute atomic E-state index is 6.30. The smallest absolute Gasteiger partial charge is 0.0318 e. The monoisotopic (exact) mass is 410 g/mol. The molecule has 0 aliphatic heterocycles. The van der Waals surface area contributed by atoms with Crippen LogP contribution in [0.3, 0.4) is 0 Å². The minimum Gasteiger partial charge on any atom is -0.324 e. The SMILES string of the molecule is CN(CCC(N)c1ccccc1Br)Cc1cccc(Br)c1. The molecule has 0 radical (unpaired) electrons. The average Bonchev–Trinajstić information content (AvgIpc) is 2.45. The van der Waals surface area contributed by atoms with Crippen LogP contribution in [0.5, 0.6) is 0 Å². The molecule has 0 aromatic heterocycles. The highest BCUT2D eigenvalue weighted by Gasteiger charge is 2.10. The molecule has 0 bridgehead atoms. The number of nitrogens with two attached hydrogens (primary N) is 1. The van der Waals surface area contributed by atoms with Crippen molar-refractivity contribution in [1.82, 2.24) is 4.90 Å². The van der Waals surface area contributed by atoms with E-state index in [2.05, 4.69) is 68.1 Å². The second-order valence-corrected chi connectivity index (χ2v) is 7.05. The summed E-state index contributed by atoms with van der Waals surface area (Å²) in [6, 6.07) is 16.7. The van der Waals surface area contributed by atoms with Crippen LogP contribution in [0.4, 0.5) is 0 Å². The first kappa shape index (κ1) is 16.7. The second-order valence-electron chi connectivity index (χ2n) is 5.28. The molecule has 2 nitrogen and oxygen atoms in total. The van der Waals surface area contributed by atoms with Crippen molar-refractivity contribution < 1.29 is 0 Å². The highest BCUT2D eigenvalue weighted by molar-refractivity contribution is 9.10. The zero-order valence-corrected chi connectivity index (χ0v) is 15.3. The highest BCUT2D eigenvalue weighted by Crippen LogP contribution is 2.23.